The van der Waals surface area contributed by atoms with Crippen molar-refractivity contribution in [3.8, 4) is 0 Å². The fourth-order valence-corrected chi connectivity index (χ4v) is 1.01. The second kappa shape index (κ2) is 4.33. The van der Waals surface area contributed by atoms with Crippen LogP contribution >= 0.6 is 23.2 Å². The van der Waals surface area contributed by atoms with Gasteiger partial charge in [0, 0.05) is 0 Å². The summed E-state index contributed by atoms with van der Waals surface area (Å²) in [4.78, 5) is 4.51. The highest BCUT2D eigenvalue weighted by molar-refractivity contribution is 6.42. The van der Waals surface area contributed by atoms with Crippen LogP contribution in [0.3, 0.4) is 0 Å². The van der Waals surface area contributed by atoms with Gasteiger partial charge in [-0.3, -0.25) is 0 Å². The van der Waals surface area contributed by atoms with Crippen molar-refractivity contribution < 1.29 is 4.84 Å². The van der Waals surface area contributed by atoms with E-state index in [2.05, 4.69) is 9.99 Å². The van der Waals surface area contributed by atoms with Gasteiger partial charge in [0.15, 0.2) is 0 Å². The number of rotatable bonds is 2. The van der Waals surface area contributed by atoms with Crippen LogP contribution in [0, 0.1) is 0 Å². The summed E-state index contributed by atoms with van der Waals surface area (Å²) in [6, 6.07) is 5.23. The first-order chi connectivity index (χ1) is 5.74. The molecule has 12 heavy (non-hydrogen) atoms. The lowest BCUT2D eigenvalue weighted by molar-refractivity contribution is 0.215. The van der Waals surface area contributed by atoms with Crippen molar-refractivity contribution in [1.29, 1.82) is 0 Å². The van der Waals surface area contributed by atoms with Crippen LogP contribution in [0.1, 0.15) is 5.56 Å². The normalized spacial score (nSPS) is 10.6. The Labute approximate surface area is 80.7 Å². The lowest BCUT2D eigenvalue weighted by Crippen LogP contribution is -1.81. The number of nitrogens with zero attached hydrogens (tertiary/aromatic N) is 1. The SMILES string of the molecule is CO/N=C/c1ccc(Cl)c(Cl)c1. The van der Waals surface area contributed by atoms with Gasteiger partial charge in [-0.1, -0.05) is 34.4 Å². The summed E-state index contributed by atoms with van der Waals surface area (Å²) >= 11 is 11.5. The lowest BCUT2D eigenvalue weighted by Gasteiger charge is -1.95. The zero-order valence-electron chi connectivity index (χ0n) is 6.42. The summed E-state index contributed by atoms with van der Waals surface area (Å²) in [5, 5.41) is 4.63. The Bertz CT molecular complexity index is 299. The molecule has 0 aliphatic rings. The molecule has 0 saturated heterocycles. The molecule has 0 fully saturated rings. The number of hydrogen-bond donors (Lipinski definition) is 0. The molecule has 0 bridgehead atoms. The van der Waals surface area contributed by atoms with Gasteiger partial charge in [-0.15, -0.1) is 0 Å². The Morgan fingerprint density at radius 2 is 2.08 bits per heavy atom. The average Bonchev–Trinajstić information content (AvgIpc) is 2.07. The van der Waals surface area contributed by atoms with E-state index >= 15 is 0 Å². The van der Waals surface area contributed by atoms with Gasteiger partial charge in [-0.05, 0) is 17.7 Å². The molecule has 0 N–H and O–H groups in total. The third kappa shape index (κ3) is 2.40. The molecule has 0 heterocycles. The van der Waals surface area contributed by atoms with Gasteiger partial charge in [0.2, 0.25) is 0 Å². The number of hydrogen-bond acceptors (Lipinski definition) is 2. The van der Waals surface area contributed by atoms with Gasteiger partial charge < -0.3 is 4.84 Å². The molecule has 0 aromatic heterocycles. The topological polar surface area (TPSA) is 21.6 Å². The molecular formula is C8H7Cl2NO. The highest BCUT2D eigenvalue weighted by Crippen LogP contribution is 2.21. The van der Waals surface area contributed by atoms with E-state index in [4.69, 9.17) is 23.2 Å². The highest BCUT2D eigenvalue weighted by Gasteiger charge is 1.96. The van der Waals surface area contributed by atoms with Gasteiger partial charge in [0.05, 0.1) is 16.3 Å². The fraction of sp³-hybridized carbons (Fsp3) is 0.125. The molecule has 0 aliphatic heterocycles. The van der Waals surface area contributed by atoms with Gasteiger partial charge in [-0.25, -0.2) is 0 Å². The van der Waals surface area contributed by atoms with E-state index in [1.807, 2.05) is 0 Å². The van der Waals surface area contributed by atoms with E-state index in [1.165, 1.54) is 7.11 Å². The van der Waals surface area contributed by atoms with Crippen LogP contribution in [0.2, 0.25) is 10.0 Å². The molecule has 0 amide bonds. The largest absolute Gasteiger partial charge is 0.399 e. The summed E-state index contributed by atoms with van der Waals surface area (Å²) in [7, 11) is 1.48. The van der Waals surface area contributed by atoms with Crippen LogP contribution in [0.4, 0.5) is 0 Å². The standard InChI is InChI=1S/C8H7Cl2NO/c1-12-11-5-6-2-3-7(9)8(10)4-6/h2-5H,1H3/b11-5+. The van der Waals surface area contributed by atoms with Crippen molar-refractivity contribution in [2.75, 3.05) is 7.11 Å². The van der Waals surface area contributed by atoms with Crippen LogP contribution in [0.25, 0.3) is 0 Å². The number of benzene rings is 1. The molecule has 0 unspecified atom stereocenters. The third-order valence-electron chi connectivity index (χ3n) is 1.25. The molecule has 64 valence electrons. The summed E-state index contributed by atoms with van der Waals surface area (Å²) in [5.74, 6) is 0. The molecule has 1 rings (SSSR count). The van der Waals surface area contributed by atoms with Crippen molar-refractivity contribution in [2.45, 2.75) is 0 Å². The van der Waals surface area contributed by atoms with E-state index < -0.39 is 0 Å². The molecule has 2 nitrogen and oxygen atoms in total. The van der Waals surface area contributed by atoms with E-state index in [0.717, 1.165) is 5.56 Å². The van der Waals surface area contributed by atoms with Crippen LogP contribution in [-0.4, -0.2) is 13.3 Å². The quantitative estimate of drug-likeness (QED) is 0.536. The highest BCUT2D eigenvalue weighted by atomic mass is 35.5. The Balaban J connectivity index is 2.89. The Kier molecular flexibility index (Phi) is 3.38. The summed E-state index contributed by atoms with van der Waals surface area (Å²) in [6.07, 6.45) is 1.56. The summed E-state index contributed by atoms with van der Waals surface area (Å²) < 4.78 is 0. The van der Waals surface area contributed by atoms with E-state index in [9.17, 15) is 0 Å². The first-order valence-corrected chi connectivity index (χ1v) is 4.01. The predicted molar refractivity (Wildman–Crippen MR) is 51.1 cm³/mol. The second-order valence-electron chi connectivity index (χ2n) is 2.09. The summed E-state index contributed by atoms with van der Waals surface area (Å²) in [6.45, 7) is 0. The van der Waals surface area contributed by atoms with Crippen molar-refractivity contribution in [1.82, 2.24) is 0 Å². The second-order valence-corrected chi connectivity index (χ2v) is 2.91. The first-order valence-electron chi connectivity index (χ1n) is 3.25. The first kappa shape index (κ1) is 9.36. The molecule has 0 saturated carbocycles. The Hall–Kier alpha value is -0.730. The van der Waals surface area contributed by atoms with Crippen LogP contribution < -0.4 is 0 Å². The minimum atomic E-state index is 0.511. The van der Waals surface area contributed by atoms with Crippen molar-refractivity contribution in [3.63, 3.8) is 0 Å². The summed E-state index contributed by atoms with van der Waals surface area (Å²) in [5.41, 5.74) is 0.853. The molecular weight excluding hydrogens is 197 g/mol. The van der Waals surface area contributed by atoms with Crippen LogP contribution in [0.5, 0.6) is 0 Å². The van der Waals surface area contributed by atoms with Gasteiger partial charge >= 0.3 is 0 Å². The maximum absolute atomic E-state index is 5.76. The monoisotopic (exact) mass is 203 g/mol. The minimum absolute atomic E-state index is 0.511. The van der Waals surface area contributed by atoms with E-state index in [0.29, 0.717) is 10.0 Å². The molecule has 1 aromatic carbocycles. The Morgan fingerprint density at radius 3 is 2.67 bits per heavy atom. The van der Waals surface area contributed by atoms with E-state index in [-0.39, 0.29) is 0 Å². The lowest BCUT2D eigenvalue weighted by atomic mass is 10.2. The van der Waals surface area contributed by atoms with Gasteiger partial charge in [0.25, 0.3) is 0 Å². The minimum Gasteiger partial charge on any atom is -0.399 e. The maximum atomic E-state index is 5.76. The third-order valence-corrected chi connectivity index (χ3v) is 1.99. The number of halogens is 2. The molecule has 0 spiro atoms. The number of oxime groups is 1. The fourth-order valence-electron chi connectivity index (χ4n) is 0.706. The van der Waals surface area contributed by atoms with Crippen molar-refractivity contribution >= 4 is 29.4 Å². The smallest absolute Gasteiger partial charge is 0.106 e. The molecule has 4 heteroatoms. The van der Waals surface area contributed by atoms with Crippen LogP contribution in [-0.2, 0) is 4.84 Å². The molecule has 0 aliphatic carbocycles. The van der Waals surface area contributed by atoms with Crippen molar-refractivity contribution in [2.24, 2.45) is 5.16 Å². The predicted octanol–water partition coefficient (Wildman–Crippen LogP) is 2.97. The average molecular weight is 204 g/mol. The molecule has 0 atom stereocenters. The molecule has 0 radical (unpaired) electrons. The maximum Gasteiger partial charge on any atom is 0.106 e. The zero-order valence-corrected chi connectivity index (χ0v) is 7.93. The zero-order chi connectivity index (χ0) is 8.97. The van der Waals surface area contributed by atoms with Crippen molar-refractivity contribution in [3.05, 3.63) is 33.8 Å². The van der Waals surface area contributed by atoms with E-state index in [1.54, 1.807) is 24.4 Å². The molecule has 1 aromatic rings. The van der Waals surface area contributed by atoms with Gasteiger partial charge in [0.1, 0.15) is 7.11 Å². The van der Waals surface area contributed by atoms with Crippen LogP contribution in [0.15, 0.2) is 23.4 Å². The Morgan fingerprint density at radius 1 is 1.33 bits per heavy atom. The van der Waals surface area contributed by atoms with Gasteiger partial charge in [-0.2, -0.15) is 0 Å².